The van der Waals surface area contributed by atoms with Crippen LogP contribution in [0, 0.1) is 13.8 Å². The van der Waals surface area contributed by atoms with Crippen molar-refractivity contribution < 1.29 is 0 Å². The van der Waals surface area contributed by atoms with Crippen LogP contribution in [0.4, 0.5) is 0 Å². The van der Waals surface area contributed by atoms with E-state index in [9.17, 15) is 0 Å². The van der Waals surface area contributed by atoms with Gasteiger partial charge in [0.25, 0.3) is 0 Å². The lowest BCUT2D eigenvalue weighted by molar-refractivity contribution is 0.782. The van der Waals surface area contributed by atoms with Crippen molar-refractivity contribution in [1.29, 1.82) is 0 Å². The molecule has 2 N–H and O–H groups in total. The molecule has 94 valence electrons. The largest absolute Gasteiger partial charge is 0.330 e. The van der Waals surface area contributed by atoms with E-state index in [1.54, 1.807) is 0 Å². The standard InChI is InChI=1S/C15H19N3/c1-11-5-6-13(10-12(11)2)14-7-9-17-15(18-14)4-3-8-16/h5-7,9-10H,3-4,8,16H2,1-2H3. The first kappa shape index (κ1) is 12.7. The van der Waals surface area contributed by atoms with Crippen LogP contribution in [-0.2, 0) is 6.42 Å². The number of nitrogens with two attached hydrogens (primary N) is 1. The van der Waals surface area contributed by atoms with Gasteiger partial charge in [-0.1, -0.05) is 12.1 Å². The van der Waals surface area contributed by atoms with Crippen LogP contribution in [0.25, 0.3) is 11.3 Å². The minimum absolute atomic E-state index is 0.678. The molecular formula is C15H19N3. The lowest BCUT2D eigenvalue weighted by Gasteiger charge is -2.06. The lowest BCUT2D eigenvalue weighted by atomic mass is 10.0. The zero-order valence-corrected chi connectivity index (χ0v) is 11.0. The maximum absolute atomic E-state index is 5.51. The van der Waals surface area contributed by atoms with E-state index in [4.69, 9.17) is 5.73 Å². The number of hydrogen-bond donors (Lipinski definition) is 1. The molecule has 0 unspecified atom stereocenters. The first-order valence-electron chi connectivity index (χ1n) is 6.30. The topological polar surface area (TPSA) is 51.8 Å². The third-order valence-electron chi connectivity index (χ3n) is 3.11. The summed E-state index contributed by atoms with van der Waals surface area (Å²) in [6, 6.07) is 8.37. The van der Waals surface area contributed by atoms with Crippen LogP contribution in [0.5, 0.6) is 0 Å². The van der Waals surface area contributed by atoms with Crippen LogP contribution in [0.1, 0.15) is 23.4 Å². The smallest absolute Gasteiger partial charge is 0.128 e. The van der Waals surface area contributed by atoms with Gasteiger partial charge >= 0.3 is 0 Å². The highest BCUT2D eigenvalue weighted by Gasteiger charge is 2.03. The van der Waals surface area contributed by atoms with Gasteiger partial charge in [0.2, 0.25) is 0 Å². The summed E-state index contributed by atoms with van der Waals surface area (Å²) in [4.78, 5) is 8.86. The fraction of sp³-hybridized carbons (Fsp3) is 0.333. The van der Waals surface area contributed by atoms with Crippen molar-refractivity contribution >= 4 is 0 Å². The highest BCUT2D eigenvalue weighted by atomic mass is 14.9. The molecule has 0 bridgehead atoms. The van der Waals surface area contributed by atoms with Gasteiger partial charge in [0.05, 0.1) is 5.69 Å². The van der Waals surface area contributed by atoms with E-state index in [1.807, 2.05) is 12.3 Å². The Hall–Kier alpha value is -1.74. The van der Waals surface area contributed by atoms with Crippen LogP contribution in [0.15, 0.2) is 30.5 Å². The highest BCUT2D eigenvalue weighted by Crippen LogP contribution is 2.20. The molecule has 0 aliphatic carbocycles. The molecule has 0 saturated carbocycles. The maximum Gasteiger partial charge on any atom is 0.128 e. The SMILES string of the molecule is Cc1ccc(-c2ccnc(CCCN)n2)cc1C. The first-order chi connectivity index (χ1) is 8.70. The minimum atomic E-state index is 0.678. The molecule has 3 nitrogen and oxygen atoms in total. The molecule has 0 aliphatic rings. The van der Waals surface area contributed by atoms with Crippen molar-refractivity contribution in [2.45, 2.75) is 26.7 Å². The lowest BCUT2D eigenvalue weighted by Crippen LogP contribution is -2.03. The number of aryl methyl sites for hydroxylation is 3. The molecular weight excluding hydrogens is 222 g/mol. The second kappa shape index (κ2) is 5.74. The van der Waals surface area contributed by atoms with E-state index >= 15 is 0 Å². The van der Waals surface area contributed by atoms with Gasteiger partial charge in [-0.15, -0.1) is 0 Å². The summed E-state index contributed by atoms with van der Waals surface area (Å²) >= 11 is 0. The molecule has 0 fully saturated rings. The number of benzene rings is 1. The van der Waals surface area contributed by atoms with E-state index in [-0.39, 0.29) is 0 Å². The molecule has 0 radical (unpaired) electrons. The van der Waals surface area contributed by atoms with E-state index in [1.165, 1.54) is 11.1 Å². The van der Waals surface area contributed by atoms with Crippen LogP contribution in [-0.4, -0.2) is 16.5 Å². The fourth-order valence-corrected chi connectivity index (χ4v) is 1.84. The van der Waals surface area contributed by atoms with Gasteiger partial charge in [0.15, 0.2) is 0 Å². The molecule has 18 heavy (non-hydrogen) atoms. The molecule has 1 aromatic heterocycles. The second-order valence-corrected chi connectivity index (χ2v) is 4.55. The average molecular weight is 241 g/mol. The average Bonchev–Trinajstić information content (AvgIpc) is 2.40. The Morgan fingerprint density at radius 1 is 1.11 bits per heavy atom. The fourth-order valence-electron chi connectivity index (χ4n) is 1.84. The summed E-state index contributed by atoms with van der Waals surface area (Å²) in [6.07, 6.45) is 3.59. The number of rotatable bonds is 4. The van der Waals surface area contributed by atoms with Crippen molar-refractivity contribution in [2.24, 2.45) is 5.73 Å². The number of hydrogen-bond acceptors (Lipinski definition) is 3. The van der Waals surface area contributed by atoms with Crippen LogP contribution in [0.2, 0.25) is 0 Å². The third-order valence-corrected chi connectivity index (χ3v) is 3.11. The molecule has 0 spiro atoms. The number of aromatic nitrogens is 2. The second-order valence-electron chi connectivity index (χ2n) is 4.55. The Morgan fingerprint density at radius 2 is 1.94 bits per heavy atom. The summed E-state index contributed by atoms with van der Waals surface area (Å²) in [5.41, 5.74) is 10.2. The monoisotopic (exact) mass is 241 g/mol. The van der Waals surface area contributed by atoms with Crippen molar-refractivity contribution in [1.82, 2.24) is 9.97 Å². The summed E-state index contributed by atoms with van der Waals surface area (Å²) in [6.45, 7) is 4.92. The molecule has 2 aromatic rings. The zero-order valence-electron chi connectivity index (χ0n) is 11.0. The molecule has 2 rings (SSSR count). The summed E-state index contributed by atoms with van der Waals surface area (Å²) in [7, 11) is 0. The van der Waals surface area contributed by atoms with Crippen LogP contribution in [0.3, 0.4) is 0 Å². The minimum Gasteiger partial charge on any atom is -0.330 e. The molecule has 1 aromatic carbocycles. The predicted molar refractivity (Wildman–Crippen MR) is 74.3 cm³/mol. The summed E-state index contributed by atoms with van der Waals surface area (Å²) in [5.74, 6) is 0.871. The van der Waals surface area contributed by atoms with Gasteiger partial charge in [0, 0.05) is 18.2 Å². The van der Waals surface area contributed by atoms with Crippen molar-refractivity contribution in [3.05, 3.63) is 47.4 Å². The Bertz CT molecular complexity index is 535. The summed E-state index contributed by atoms with van der Waals surface area (Å²) in [5, 5.41) is 0. The Morgan fingerprint density at radius 3 is 2.67 bits per heavy atom. The molecule has 3 heteroatoms. The Balaban J connectivity index is 2.29. The molecule has 0 saturated heterocycles. The van der Waals surface area contributed by atoms with E-state index in [2.05, 4.69) is 42.0 Å². The van der Waals surface area contributed by atoms with Crippen molar-refractivity contribution in [3.63, 3.8) is 0 Å². The van der Waals surface area contributed by atoms with Crippen LogP contribution < -0.4 is 5.73 Å². The molecule has 0 aliphatic heterocycles. The van der Waals surface area contributed by atoms with Crippen molar-refractivity contribution in [2.75, 3.05) is 6.54 Å². The van der Waals surface area contributed by atoms with Gasteiger partial charge in [-0.3, -0.25) is 0 Å². The zero-order chi connectivity index (χ0) is 13.0. The highest BCUT2D eigenvalue weighted by molar-refractivity contribution is 5.60. The molecule has 0 atom stereocenters. The van der Waals surface area contributed by atoms with Gasteiger partial charge < -0.3 is 5.73 Å². The predicted octanol–water partition coefficient (Wildman–Crippen LogP) is 2.65. The Kier molecular flexibility index (Phi) is 4.05. The van der Waals surface area contributed by atoms with Gasteiger partial charge in [-0.2, -0.15) is 0 Å². The molecule has 0 amide bonds. The normalized spacial score (nSPS) is 10.6. The molecule has 1 heterocycles. The third kappa shape index (κ3) is 2.93. The van der Waals surface area contributed by atoms with Gasteiger partial charge in [0.1, 0.15) is 5.82 Å². The van der Waals surface area contributed by atoms with E-state index in [0.29, 0.717) is 6.54 Å². The summed E-state index contributed by atoms with van der Waals surface area (Å²) < 4.78 is 0. The van der Waals surface area contributed by atoms with Crippen molar-refractivity contribution in [3.8, 4) is 11.3 Å². The number of nitrogens with zero attached hydrogens (tertiary/aromatic N) is 2. The van der Waals surface area contributed by atoms with Gasteiger partial charge in [-0.05, 0) is 50.1 Å². The Labute approximate surface area is 108 Å². The van der Waals surface area contributed by atoms with Crippen LogP contribution >= 0.6 is 0 Å². The van der Waals surface area contributed by atoms with E-state index in [0.717, 1.165) is 29.9 Å². The van der Waals surface area contributed by atoms with Gasteiger partial charge in [-0.25, -0.2) is 9.97 Å². The quantitative estimate of drug-likeness (QED) is 0.895. The van der Waals surface area contributed by atoms with E-state index < -0.39 is 0 Å². The maximum atomic E-state index is 5.51. The first-order valence-corrected chi connectivity index (χ1v) is 6.30.